The van der Waals surface area contributed by atoms with E-state index in [0.717, 1.165) is 17.2 Å². The van der Waals surface area contributed by atoms with Gasteiger partial charge in [-0.15, -0.1) is 0 Å². The van der Waals surface area contributed by atoms with Gasteiger partial charge in [-0.3, -0.25) is 0 Å². The fourth-order valence-electron chi connectivity index (χ4n) is 2.01. The lowest BCUT2D eigenvalue weighted by Crippen LogP contribution is -2.39. The summed E-state index contributed by atoms with van der Waals surface area (Å²) >= 11 is 5.35. The molecule has 0 bridgehead atoms. The summed E-state index contributed by atoms with van der Waals surface area (Å²) in [5, 5.41) is 6.91. The molecule has 2 rings (SSSR count). The van der Waals surface area contributed by atoms with E-state index in [-0.39, 0.29) is 6.04 Å². The molecule has 122 valence electrons. The van der Waals surface area contributed by atoms with Crippen molar-refractivity contribution in [2.45, 2.75) is 19.9 Å². The highest BCUT2D eigenvalue weighted by molar-refractivity contribution is 7.80. The molecule has 1 unspecified atom stereocenters. The summed E-state index contributed by atoms with van der Waals surface area (Å²) in [5.41, 5.74) is 0.850. The third-order valence-corrected chi connectivity index (χ3v) is 3.28. The first-order valence-electron chi connectivity index (χ1n) is 7.66. The molecule has 0 aliphatic heterocycles. The lowest BCUT2D eigenvalue weighted by Gasteiger charge is -2.18. The topological polar surface area (TPSA) is 42.5 Å². The lowest BCUT2D eigenvalue weighted by atomic mass is 10.3. The Balaban J connectivity index is 1.82. The van der Waals surface area contributed by atoms with Crippen molar-refractivity contribution in [3.8, 4) is 11.5 Å². The van der Waals surface area contributed by atoms with E-state index in [9.17, 15) is 0 Å². The van der Waals surface area contributed by atoms with Crippen LogP contribution in [0.4, 0.5) is 5.69 Å². The lowest BCUT2D eigenvalue weighted by molar-refractivity contribution is 0.287. The molecular formula is C18H22N2O2S. The van der Waals surface area contributed by atoms with E-state index < -0.39 is 0 Å². The Kier molecular flexibility index (Phi) is 6.69. The quantitative estimate of drug-likeness (QED) is 0.755. The molecule has 0 saturated heterocycles. The molecule has 0 radical (unpaired) electrons. The summed E-state index contributed by atoms with van der Waals surface area (Å²) in [6.07, 6.45) is 0. The molecule has 23 heavy (non-hydrogen) atoms. The van der Waals surface area contributed by atoms with Gasteiger partial charge in [-0.05, 0) is 50.3 Å². The minimum absolute atomic E-state index is 0.0782. The highest BCUT2D eigenvalue weighted by Gasteiger charge is 2.08. The van der Waals surface area contributed by atoms with Gasteiger partial charge in [0.2, 0.25) is 0 Å². The van der Waals surface area contributed by atoms with Crippen LogP contribution in [0.5, 0.6) is 11.5 Å². The van der Waals surface area contributed by atoms with Crippen LogP contribution >= 0.6 is 12.2 Å². The number of hydrogen-bond acceptors (Lipinski definition) is 3. The number of thiocarbonyl (C=S) groups is 1. The van der Waals surface area contributed by atoms with Crippen molar-refractivity contribution in [3.05, 3.63) is 54.6 Å². The molecule has 0 saturated carbocycles. The number of ether oxygens (including phenoxy) is 2. The average molecular weight is 330 g/mol. The Morgan fingerprint density at radius 1 is 1.04 bits per heavy atom. The van der Waals surface area contributed by atoms with Gasteiger partial charge in [0, 0.05) is 0 Å². The molecule has 0 spiro atoms. The monoisotopic (exact) mass is 330 g/mol. The van der Waals surface area contributed by atoms with Crippen LogP contribution in [-0.2, 0) is 0 Å². The summed E-state index contributed by atoms with van der Waals surface area (Å²) < 4.78 is 11.3. The van der Waals surface area contributed by atoms with Crippen LogP contribution in [0.15, 0.2) is 54.6 Å². The Bertz CT molecular complexity index is 619. The molecule has 0 aliphatic carbocycles. The van der Waals surface area contributed by atoms with Crippen molar-refractivity contribution in [1.29, 1.82) is 0 Å². The Hall–Kier alpha value is -2.27. The largest absolute Gasteiger partial charge is 0.492 e. The zero-order chi connectivity index (χ0) is 16.5. The Morgan fingerprint density at radius 2 is 1.74 bits per heavy atom. The second-order valence-corrected chi connectivity index (χ2v) is 5.46. The molecule has 0 amide bonds. The highest BCUT2D eigenvalue weighted by atomic mass is 32.1. The summed E-state index contributed by atoms with van der Waals surface area (Å²) in [5.74, 6) is 1.63. The standard InChI is InChI=1S/C18H22N2O2S/c1-3-21-17-12-8-7-11-16(17)20-18(23)19-14(2)13-22-15-9-5-4-6-10-15/h4-12,14H,3,13H2,1-2H3,(H2,19,20,23). The van der Waals surface area contributed by atoms with Crippen LogP contribution in [0.3, 0.4) is 0 Å². The van der Waals surface area contributed by atoms with Crippen molar-refractivity contribution in [2.24, 2.45) is 0 Å². The predicted molar refractivity (Wildman–Crippen MR) is 98.4 cm³/mol. The highest BCUT2D eigenvalue weighted by Crippen LogP contribution is 2.23. The van der Waals surface area contributed by atoms with Gasteiger partial charge in [0.1, 0.15) is 18.1 Å². The second kappa shape index (κ2) is 9.00. The molecule has 2 N–H and O–H groups in total. The normalized spacial score (nSPS) is 11.4. The minimum Gasteiger partial charge on any atom is -0.492 e. The van der Waals surface area contributed by atoms with E-state index in [4.69, 9.17) is 21.7 Å². The van der Waals surface area contributed by atoms with Crippen molar-refractivity contribution < 1.29 is 9.47 Å². The molecular weight excluding hydrogens is 308 g/mol. The predicted octanol–water partition coefficient (Wildman–Crippen LogP) is 3.84. The zero-order valence-corrected chi connectivity index (χ0v) is 14.2. The summed E-state index contributed by atoms with van der Waals surface area (Å²) in [7, 11) is 0. The Morgan fingerprint density at radius 3 is 2.48 bits per heavy atom. The van der Waals surface area contributed by atoms with Gasteiger partial charge >= 0.3 is 0 Å². The fraction of sp³-hybridized carbons (Fsp3) is 0.278. The number of anilines is 1. The van der Waals surface area contributed by atoms with E-state index in [1.54, 1.807) is 0 Å². The van der Waals surface area contributed by atoms with Crippen LogP contribution in [0, 0.1) is 0 Å². The molecule has 2 aromatic rings. The van der Waals surface area contributed by atoms with Gasteiger partial charge < -0.3 is 20.1 Å². The van der Waals surface area contributed by atoms with Crippen LogP contribution in [-0.4, -0.2) is 24.4 Å². The third kappa shape index (κ3) is 5.79. The number of para-hydroxylation sites is 3. The zero-order valence-electron chi connectivity index (χ0n) is 13.4. The second-order valence-electron chi connectivity index (χ2n) is 5.05. The van der Waals surface area contributed by atoms with Crippen molar-refractivity contribution >= 4 is 23.0 Å². The van der Waals surface area contributed by atoms with E-state index in [1.165, 1.54) is 0 Å². The SMILES string of the molecule is CCOc1ccccc1NC(=S)NC(C)COc1ccccc1. The van der Waals surface area contributed by atoms with Gasteiger partial charge in [-0.2, -0.15) is 0 Å². The average Bonchev–Trinajstić information content (AvgIpc) is 2.56. The first-order valence-corrected chi connectivity index (χ1v) is 8.07. The molecule has 0 aliphatic rings. The van der Waals surface area contributed by atoms with Crippen LogP contribution < -0.4 is 20.1 Å². The summed E-state index contributed by atoms with van der Waals surface area (Å²) in [4.78, 5) is 0. The molecule has 0 aromatic heterocycles. The van der Waals surface area contributed by atoms with E-state index in [2.05, 4.69) is 10.6 Å². The summed E-state index contributed by atoms with van der Waals surface area (Å²) in [6.45, 7) is 5.11. The van der Waals surface area contributed by atoms with Crippen LogP contribution in [0.2, 0.25) is 0 Å². The fourth-order valence-corrected chi connectivity index (χ4v) is 2.32. The first kappa shape index (κ1) is 17.1. The van der Waals surface area contributed by atoms with Crippen molar-refractivity contribution in [3.63, 3.8) is 0 Å². The van der Waals surface area contributed by atoms with E-state index in [1.807, 2.05) is 68.4 Å². The maximum atomic E-state index is 5.71. The number of benzene rings is 2. The van der Waals surface area contributed by atoms with Gasteiger partial charge in [-0.25, -0.2) is 0 Å². The van der Waals surface area contributed by atoms with E-state index in [0.29, 0.717) is 18.3 Å². The molecule has 5 heteroatoms. The first-order chi connectivity index (χ1) is 11.2. The maximum absolute atomic E-state index is 5.71. The van der Waals surface area contributed by atoms with Crippen LogP contribution in [0.25, 0.3) is 0 Å². The molecule has 1 atom stereocenters. The Labute approximate surface area is 142 Å². The third-order valence-electron chi connectivity index (χ3n) is 3.06. The van der Waals surface area contributed by atoms with Crippen LogP contribution in [0.1, 0.15) is 13.8 Å². The van der Waals surface area contributed by atoms with Crippen molar-refractivity contribution in [1.82, 2.24) is 5.32 Å². The van der Waals surface area contributed by atoms with Gasteiger partial charge in [0.25, 0.3) is 0 Å². The number of hydrogen-bond donors (Lipinski definition) is 2. The number of rotatable bonds is 7. The maximum Gasteiger partial charge on any atom is 0.171 e. The summed E-state index contributed by atoms with van der Waals surface area (Å²) in [6, 6.07) is 17.5. The van der Waals surface area contributed by atoms with E-state index >= 15 is 0 Å². The number of nitrogens with one attached hydrogen (secondary N) is 2. The van der Waals surface area contributed by atoms with Crippen molar-refractivity contribution in [2.75, 3.05) is 18.5 Å². The molecule has 0 heterocycles. The minimum atomic E-state index is 0.0782. The molecule has 4 nitrogen and oxygen atoms in total. The van der Waals surface area contributed by atoms with Gasteiger partial charge in [0.15, 0.2) is 5.11 Å². The molecule has 0 fully saturated rings. The van der Waals surface area contributed by atoms with Gasteiger partial charge in [-0.1, -0.05) is 30.3 Å². The smallest absolute Gasteiger partial charge is 0.171 e. The van der Waals surface area contributed by atoms with Gasteiger partial charge in [0.05, 0.1) is 18.3 Å². The molecule has 2 aromatic carbocycles.